The summed E-state index contributed by atoms with van der Waals surface area (Å²) in [7, 11) is 0. The SMILES string of the molecule is Cc1ccc(N(c2cc(C(=O)NCc3cccnc3)ccc2C)S(=O)O)cc1C. The first kappa shape index (κ1) is 20.7. The van der Waals surface area contributed by atoms with Crippen molar-refractivity contribution in [3.05, 3.63) is 88.7 Å². The minimum atomic E-state index is -2.29. The number of nitrogens with zero attached hydrogens (tertiary/aromatic N) is 2. The number of carbonyl (C=O) groups is 1. The van der Waals surface area contributed by atoms with Gasteiger partial charge < -0.3 is 5.32 Å². The Labute approximate surface area is 173 Å². The van der Waals surface area contributed by atoms with Gasteiger partial charge in [-0.3, -0.25) is 14.3 Å². The lowest BCUT2D eigenvalue weighted by atomic mass is 10.1. The number of nitrogens with one attached hydrogen (secondary N) is 1. The fourth-order valence-electron chi connectivity index (χ4n) is 2.92. The first-order valence-electron chi connectivity index (χ1n) is 9.13. The lowest BCUT2D eigenvalue weighted by Crippen LogP contribution is -2.24. The fraction of sp³-hybridized carbons (Fsp3) is 0.182. The highest BCUT2D eigenvalue weighted by Crippen LogP contribution is 2.31. The predicted octanol–water partition coefficient (Wildman–Crippen LogP) is 4.21. The maximum atomic E-state index is 12.6. The normalized spacial score (nSPS) is 11.7. The zero-order valence-corrected chi connectivity index (χ0v) is 17.4. The molecular weight excluding hydrogens is 386 g/mol. The van der Waals surface area contributed by atoms with E-state index in [1.54, 1.807) is 36.7 Å². The number of benzene rings is 2. The summed E-state index contributed by atoms with van der Waals surface area (Å²) in [5, 5.41) is 2.85. The molecule has 0 saturated heterocycles. The predicted molar refractivity (Wildman–Crippen MR) is 115 cm³/mol. The number of aromatic nitrogens is 1. The third kappa shape index (κ3) is 4.88. The molecule has 0 fully saturated rings. The van der Waals surface area contributed by atoms with E-state index in [1.165, 1.54) is 4.31 Å². The second-order valence-corrected chi connectivity index (χ2v) is 7.67. The van der Waals surface area contributed by atoms with Crippen LogP contribution in [0.25, 0.3) is 0 Å². The molecule has 1 unspecified atom stereocenters. The van der Waals surface area contributed by atoms with Crippen LogP contribution < -0.4 is 9.62 Å². The second-order valence-electron chi connectivity index (χ2n) is 6.84. The van der Waals surface area contributed by atoms with Crippen molar-refractivity contribution in [2.75, 3.05) is 4.31 Å². The van der Waals surface area contributed by atoms with Crippen LogP contribution in [0.2, 0.25) is 0 Å². The number of hydrogen-bond acceptors (Lipinski definition) is 3. The van der Waals surface area contributed by atoms with Crippen molar-refractivity contribution < 1.29 is 13.6 Å². The third-order valence-corrected chi connectivity index (χ3v) is 5.47. The Morgan fingerprint density at radius 1 is 1.07 bits per heavy atom. The molecule has 2 aromatic carbocycles. The summed E-state index contributed by atoms with van der Waals surface area (Å²) in [5.41, 5.74) is 5.29. The van der Waals surface area contributed by atoms with Gasteiger partial charge in [0.05, 0.1) is 11.4 Å². The Balaban J connectivity index is 1.90. The third-order valence-electron chi connectivity index (χ3n) is 4.75. The van der Waals surface area contributed by atoms with E-state index in [2.05, 4.69) is 10.3 Å². The molecule has 0 saturated carbocycles. The maximum absolute atomic E-state index is 12.6. The van der Waals surface area contributed by atoms with E-state index in [4.69, 9.17) is 0 Å². The maximum Gasteiger partial charge on any atom is 0.266 e. The van der Waals surface area contributed by atoms with Gasteiger partial charge in [0.1, 0.15) is 0 Å². The highest BCUT2D eigenvalue weighted by Gasteiger charge is 2.19. The molecule has 1 atom stereocenters. The van der Waals surface area contributed by atoms with Crippen LogP contribution in [-0.4, -0.2) is 19.7 Å². The summed E-state index contributed by atoms with van der Waals surface area (Å²) in [6.45, 7) is 6.13. The number of pyridine rings is 1. The zero-order valence-electron chi connectivity index (χ0n) is 16.5. The van der Waals surface area contributed by atoms with E-state index < -0.39 is 11.3 Å². The summed E-state index contributed by atoms with van der Waals surface area (Å²) < 4.78 is 23.5. The van der Waals surface area contributed by atoms with Gasteiger partial charge in [-0.05, 0) is 73.4 Å². The van der Waals surface area contributed by atoms with Gasteiger partial charge in [-0.25, -0.2) is 8.51 Å². The molecule has 1 amide bonds. The number of rotatable bonds is 6. The molecule has 2 N–H and O–H groups in total. The molecule has 0 aliphatic heterocycles. The van der Waals surface area contributed by atoms with E-state index in [0.29, 0.717) is 23.5 Å². The fourth-order valence-corrected chi connectivity index (χ4v) is 3.58. The Hall–Kier alpha value is -3.03. The first-order chi connectivity index (χ1) is 13.9. The van der Waals surface area contributed by atoms with E-state index in [1.807, 2.05) is 45.0 Å². The molecule has 0 spiro atoms. The average molecular weight is 410 g/mol. The number of hydrogen-bond donors (Lipinski definition) is 2. The molecule has 0 aliphatic rings. The van der Waals surface area contributed by atoms with Crippen LogP contribution in [0.1, 0.15) is 32.6 Å². The van der Waals surface area contributed by atoms with Gasteiger partial charge >= 0.3 is 0 Å². The lowest BCUT2D eigenvalue weighted by molar-refractivity contribution is 0.0951. The van der Waals surface area contributed by atoms with Crippen LogP contribution >= 0.6 is 0 Å². The zero-order chi connectivity index (χ0) is 21.0. The van der Waals surface area contributed by atoms with Crippen LogP contribution in [-0.2, 0) is 17.8 Å². The van der Waals surface area contributed by atoms with Gasteiger partial charge in [0.25, 0.3) is 17.2 Å². The van der Waals surface area contributed by atoms with Crippen LogP contribution in [0.4, 0.5) is 11.4 Å². The summed E-state index contributed by atoms with van der Waals surface area (Å²) in [4.78, 5) is 16.7. The standard InChI is InChI=1S/C22H23N3O3S/c1-15-7-9-20(11-17(15)3)25(29(27)28)21-12-19(8-6-16(21)2)22(26)24-14-18-5-4-10-23-13-18/h4-13H,14H2,1-3H3,(H,24,26)(H,27,28). The van der Waals surface area contributed by atoms with Gasteiger partial charge in [-0.2, -0.15) is 0 Å². The average Bonchev–Trinajstić information content (AvgIpc) is 2.71. The van der Waals surface area contributed by atoms with Gasteiger partial charge in [-0.15, -0.1) is 0 Å². The molecule has 150 valence electrons. The highest BCUT2D eigenvalue weighted by atomic mass is 32.2. The topological polar surface area (TPSA) is 82.5 Å². The Morgan fingerprint density at radius 3 is 2.48 bits per heavy atom. The lowest BCUT2D eigenvalue weighted by Gasteiger charge is -2.23. The second kappa shape index (κ2) is 8.98. The number of anilines is 2. The molecule has 3 aromatic rings. The molecule has 1 heterocycles. The molecule has 0 radical (unpaired) electrons. The van der Waals surface area contributed by atoms with E-state index in [-0.39, 0.29) is 5.91 Å². The minimum Gasteiger partial charge on any atom is -0.348 e. The van der Waals surface area contributed by atoms with Gasteiger partial charge in [0.15, 0.2) is 0 Å². The summed E-state index contributed by atoms with van der Waals surface area (Å²) in [5.74, 6) is -0.265. The smallest absolute Gasteiger partial charge is 0.266 e. The van der Waals surface area contributed by atoms with Crippen molar-refractivity contribution in [1.29, 1.82) is 0 Å². The van der Waals surface area contributed by atoms with Gasteiger partial charge in [-0.1, -0.05) is 18.2 Å². The first-order valence-corrected chi connectivity index (χ1v) is 10.2. The Bertz CT molecular complexity index is 1050. The molecule has 7 heteroatoms. The number of aryl methyl sites for hydroxylation is 3. The summed E-state index contributed by atoms with van der Waals surface area (Å²) in [6.07, 6.45) is 3.37. The largest absolute Gasteiger partial charge is 0.348 e. The van der Waals surface area contributed by atoms with E-state index >= 15 is 0 Å². The highest BCUT2D eigenvalue weighted by molar-refractivity contribution is 7.81. The minimum absolute atomic E-state index is 0.265. The van der Waals surface area contributed by atoms with Crippen LogP contribution in [0.5, 0.6) is 0 Å². The van der Waals surface area contributed by atoms with Crippen LogP contribution in [0.15, 0.2) is 60.9 Å². The summed E-state index contributed by atoms with van der Waals surface area (Å²) >= 11 is -2.29. The van der Waals surface area contributed by atoms with Crippen molar-refractivity contribution >= 4 is 28.5 Å². The van der Waals surface area contributed by atoms with Gasteiger partial charge in [0, 0.05) is 24.5 Å². The molecule has 3 rings (SSSR count). The number of carbonyl (C=O) groups excluding carboxylic acids is 1. The van der Waals surface area contributed by atoms with E-state index in [9.17, 15) is 13.6 Å². The van der Waals surface area contributed by atoms with Gasteiger partial charge in [0.2, 0.25) is 0 Å². The quantitative estimate of drug-likeness (QED) is 0.598. The van der Waals surface area contributed by atoms with Crippen molar-refractivity contribution in [3.63, 3.8) is 0 Å². The molecule has 0 bridgehead atoms. The molecular formula is C22H23N3O3S. The molecule has 6 nitrogen and oxygen atoms in total. The van der Waals surface area contributed by atoms with Crippen molar-refractivity contribution in [2.24, 2.45) is 0 Å². The van der Waals surface area contributed by atoms with Crippen LogP contribution in [0.3, 0.4) is 0 Å². The molecule has 1 aromatic heterocycles. The van der Waals surface area contributed by atoms with Crippen molar-refractivity contribution in [3.8, 4) is 0 Å². The number of amides is 1. The van der Waals surface area contributed by atoms with Crippen molar-refractivity contribution in [1.82, 2.24) is 10.3 Å². The van der Waals surface area contributed by atoms with Crippen molar-refractivity contribution in [2.45, 2.75) is 27.3 Å². The summed E-state index contributed by atoms with van der Waals surface area (Å²) in [6, 6.07) is 14.4. The molecule has 29 heavy (non-hydrogen) atoms. The van der Waals surface area contributed by atoms with Crippen LogP contribution in [0, 0.1) is 20.8 Å². The molecule has 0 aliphatic carbocycles. The monoisotopic (exact) mass is 409 g/mol. The Kier molecular flexibility index (Phi) is 6.41. The Morgan fingerprint density at radius 2 is 1.83 bits per heavy atom. The van der Waals surface area contributed by atoms with E-state index in [0.717, 1.165) is 22.3 Å².